The molecule has 1 aliphatic heterocycles. The molecule has 1 saturated carbocycles. The Labute approximate surface area is 202 Å². The zero-order chi connectivity index (χ0) is 25.3. The van der Waals surface area contributed by atoms with E-state index in [0.717, 1.165) is 0 Å². The van der Waals surface area contributed by atoms with Crippen molar-refractivity contribution in [2.45, 2.75) is 64.5 Å². The number of fused-ring (bicyclic) bond motifs is 1. The number of hydrogen-bond donors (Lipinski definition) is 1. The van der Waals surface area contributed by atoms with Crippen LogP contribution < -0.4 is 15.1 Å². The maximum atomic E-state index is 14.1. The molecule has 186 valence electrons. The topological polar surface area (TPSA) is 73.7 Å². The van der Waals surface area contributed by atoms with Crippen LogP contribution in [-0.4, -0.2) is 46.8 Å². The van der Waals surface area contributed by atoms with Gasteiger partial charge >= 0.3 is 0 Å². The van der Waals surface area contributed by atoms with Gasteiger partial charge in [-0.25, -0.2) is 23.1 Å². The van der Waals surface area contributed by atoms with E-state index in [1.54, 1.807) is 43.3 Å². The Morgan fingerprint density at radius 1 is 1.37 bits per heavy atom. The van der Waals surface area contributed by atoms with E-state index in [1.165, 1.54) is 17.2 Å². The van der Waals surface area contributed by atoms with Gasteiger partial charge in [0.05, 0.1) is 6.20 Å². The van der Waals surface area contributed by atoms with E-state index in [9.17, 15) is 18.0 Å². The Morgan fingerprint density at radius 3 is 2.77 bits per heavy atom. The zero-order valence-electron chi connectivity index (χ0n) is 20.2. The number of alkyl halides is 2. The van der Waals surface area contributed by atoms with Crippen molar-refractivity contribution in [2.75, 3.05) is 22.2 Å². The normalized spacial score (nSPS) is 22.1. The van der Waals surface area contributed by atoms with Crippen molar-refractivity contribution < 1.29 is 18.0 Å². The van der Waals surface area contributed by atoms with E-state index >= 15 is 0 Å². The molecule has 2 aromatic rings. The van der Waals surface area contributed by atoms with Gasteiger partial charge in [0, 0.05) is 37.7 Å². The molecule has 1 fully saturated rings. The molecule has 10 heteroatoms. The van der Waals surface area contributed by atoms with Gasteiger partial charge in [-0.05, 0) is 50.5 Å². The average Bonchev–Trinajstić information content (AvgIpc) is 3.19. The predicted octanol–water partition coefficient (Wildman–Crippen LogP) is 5.07. The number of aliphatic imine (C=N–C) groups is 1. The minimum absolute atomic E-state index is 0.170. The van der Waals surface area contributed by atoms with E-state index in [2.05, 4.69) is 20.3 Å². The molecule has 7 nitrogen and oxygen atoms in total. The molecule has 1 aromatic heterocycles. The van der Waals surface area contributed by atoms with Gasteiger partial charge in [0.15, 0.2) is 5.82 Å². The van der Waals surface area contributed by atoms with Crippen LogP contribution in [0.1, 0.15) is 50.7 Å². The molecule has 1 aromatic carbocycles. The Morgan fingerprint density at radius 2 is 2.14 bits per heavy atom. The van der Waals surface area contributed by atoms with Crippen LogP contribution in [0.4, 0.5) is 30.6 Å². The highest BCUT2D eigenvalue weighted by Crippen LogP contribution is 2.44. The van der Waals surface area contributed by atoms with Crippen molar-refractivity contribution in [2.24, 2.45) is 4.99 Å². The molecular weight excluding hydrogens is 457 g/mol. The number of aryl methyl sites for hydroxylation is 1. The third-order valence-electron chi connectivity index (χ3n) is 6.48. The molecule has 2 atom stereocenters. The molecule has 1 N–H and O–H groups in total. The number of amidine groups is 1. The van der Waals surface area contributed by atoms with Gasteiger partial charge in [0.2, 0.25) is 17.8 Å². The van der Waals surface area contributed by atoms with Crippen LogP contribution in [0.2, 0.25) is 0 Å². The summed E-state index contributed by atoms with van der Waals surface area (Å²) in [5.41, 5.74) is 1.56. The standard InChI is InChI=1S/C25H29F3N6O/c1-5-11-29-21(16-7-8-18(26)15(3)12-16)31-24-30-14-20-22(32-24)34(17-9-10-25(27,28)13-17)19(6-2)23(35)33(20)4/h5,7-8,11-12,14,17,19H,6,9-10,13H2,1-4H3,(H,29,30,31,32)/b11-5-/t17?,19-/m1/s1. The van der Waals surface area contributed by atoms with E-state index in [4.69, 9.17) is 0 Å². The summed E-state index contributed by atoms with van der Waals surface area (Å²) in [7, 11) is 1.64. The molecule has 1 unspecified atom stereocenters. The minimum atomic E-state index is -2.77. The number of halogens is 3. The Bertz CT molecular complexity index is 1180. The van der Waals surface area contributed by atoms with Gasteiger partial charge in [0.1, 0.15) is 23.4 Å². The summed E-state index contributed by atoms with van der Waals surface area (Å²) in [5.74, 6) is -2.24. The van der Waals surface area contributed by atoms with Crippen LogP contribution in [0.3, 0.4) is 0 Å². The third kappa shape index (κ3) is 4.87. The fourth-order valence-corrected chi connectivity index (χ4v) is 4.65. The maximum absolute atomic E-state index is 14.1. The highest BCUT2D eigenvalue weighted by Gasteiger charge is 2.48. The lowest BCUT2D eigenvalue weighted by atomic mass is 10.0. The van der Waals surface area contributed by atoms with Crippen LogP contribution in [-0.2, 0) is 4.79 Å². The third-order valence-corrected chi connectivity index (χ3v) is 6.48. The first-order valence-corrected chi connectivity index (χ1v) is 11.7. The van der Waals surface area contributed by atoms with Gasteiger partial charge < -0.3 is 15.1 Å². The number of amides is 1. The average molecular weight is 487 g/mol. The molecule has 2 heterocycles. The van der Waals surface area contributed by atoms with Crippen LogP contribution in [0.25, 0.3) is 0 Å². The van der Waals surface area contributed by atoms with Crippen molar-refractivity contribution in [3.05, 3.63) is 53.6 Å². The summed E-state index contributed by atoms with van der Waals surface area (Å²) < 4.78 is 42.1. The SMILES string of the molecule is C/C=C\N=C(Nc1ncc2c(n1)N(C1CCC(F)(F)C1)[C@H](CC)C(=O)N2C)c1ccc(F)c(C)c1. The van der Waals surface area contributed by atoms with Gasteiger partial charge in [-0.2, -0.15) is 4.98 Å². The predicted molar refractivity (Wildman–Crippen MR) is 131 cm³/mol. The number of allylic oxidation sites excluding steroid dienone is 1. The monoisotopic (exact) mass is 486 g/mol. The van der Waals surface area contributed by atoms with Crippen molar-refractivity contribution in [3.63, 3.8) is 0 Å². The van der Waals surface area contributed by atoms with Crippen molar-refractivity contribution in [1.82, 2.24) is 9.97 Å². The van der Waals surface area contributed by atoms with Gasteiger partial charge in [-0.15, -0.1) is 0 Å². The molecule has 0 saturated heterocycles. The van der Waals surface area contributed by atoms with Crippen LogP contribution >= 0.6 is 0 Å². The number of likely N-dealkylation sites (N-methyl/N-ethyl adjacent to an activating group) is 1. The number of carbonyl (C=O) groups is 1. The fraction of sp³-hybridized carbons (Fsp3) is 0.440. The number of hydrogen-bond acceptors (Lipinski definition) is 5. The van der Waals surface area contributed by atoms with E-state index in [0.29, 0.717) is 34.9 Å². The Balaban J connectivity index is 1.75. The molecule has 0 spiro atoms. The minimum Gasteiger partial charge on any atom is -0.339 e. The number of carbonyl (C=O) groups excluding carboxylic acids is 1. The van der Waals surface area contributed by atoms with Gasteiger partial charge in [-0.3, -0.25) is 4.79 Å². The first-order chi connectivity index (χ1) is 16.6. The molecular formula is C25H29F3N6O. The van der Waals surface area contributed by atoms with Crippen molar-refractivity contribution in [3.8, 4) is 0 Å². The summed E-state index contributed by atoms with van der Waals surface area (Å²) in [6, 6.07) is 3.52. The molecule has 1 amide bonds. The summed E-state index contributed by atoms with van der Waals surface area (Å²) >= 11 is 0. The van der Waals surface area contributed by atoms with Gasteiger partial charge in [-0.1, -0.05) is 13.0 Å². The number of rotatable bonds is 5. The zero-order valence-corrected chi connectivity index (χ0v) is 20.2. The number of nitrogens with zero attached hydrogens (tertiary/aromatic N) is 5. The molecule has 1 aliphatic carbocycles. The highest BCUT2D eigenvalue weighted by atomic mass is 19.3. The lowest BCUT2D eigenvalue weighted by Gasteiger charge is -2.43. The molecule has 0 radical (unpaired) electrons. The summed E-state index contributed by atoms with van der Waals surface area (Å²) in [4.78, 5) is 29.7. The summed E-state index contributed by atoms with van der Waals surface area (Å²) in [6.45, 7) is 5.34. The Kier molecular flexibility index (Phi) is 6.82. The van der Waals surface area contributed by atoms with Crippen LogP contribution in [0.15, 0.2) is 41.7 Å². The number of aromatic nitrogens is 2. The first-order valence-electron chi connectivity index (χ1n) is 11.7. The van der Waals surface area contributed by atoms with E-state index in [1.807, 2.05) is 13.8 Å². The lowest BCUT2D eigenvalue weighted by molar-refractivity contribution is -0.120. The number of anilines is 3. The number of benzene rings is 1. The summed E-state index contributed by atoms with van der Waals surface area (Å²) in [6.07, 6.45) is 5.04. The van der Waals surface area contributed by atoms with Crippen LogP contribution in [0, 0.1) is 12.7 Å². The van der Waals surface area contributed by atoms with E-state index < -0.39 is 18.0 Å². The highest BCUT2D eigenvalue weighted by molar-refractivity contribution is 6.08. The van der Waals surface area contributed by atoms with Crippen molar-refractivity contribution in [1.29, 1.82) is 0 Å². The second-order valence-corrected chi connectivity index (χ2v) is 8.93. The number of nitrogens with one attached hydrogen (secondary N) is 1. The second kappa shape index (κ2) is 9.67. The smallest absolute Gasteiger partial charge is 0.250 e. The van der Waals surface area contributed by atoms with Crippen LogP contribution in [0.5, 0.6) is 0 Å². The van der Waals surface area contributed by atoms with E-state index in [-0.39, 0.29) is 36.9 Å². The molecule has 35 heavy (non-hydrogen) atoms. The first kappa shape index (κ1) is 24.7. The largest absolute Gasteiger partial charge is 0.339 e. The Hall–Kier alpha value is -3.43. The molecule has 0 bridgehead atoms. The maximum Gasteiger partial charge on any atom is 0.250 e. The second-order valence-electron chi connectivity index (χ2n) is 8.93. The fourth-order valence-electron chi connectivity index (χ4n) is 4.65. The summed E-state index contributed by atoms with van der Waals surface area (Å²) in [5, 5.41) is 3.09. The van der Waals surface area contributed by atoms with Crippen molar-refractivity contribution >= 4 is 29.2 Å². The molecule has 2 aliphatic rings. The van der Waals surface area contributed by atoms with Gasteiger partial charge in [0.25, 0.3) is 0 Å². The quantitative estimate of drug-likeness (QED) is 0.472. The molecule has 4 rings (SSSR count). The lowest BCUT2D eigenvalue weighted by Crippen LogP contribution is -2.56.